The summed E-state index contributed by atoms with van der Waals surface area (Å²) < 4.78 is 31.5. The van der Waals surface area contributed by atoms with E-state index in [2.05, 4.69) is 5.32 Å². The molecule has 0 radical (unpaired) electrons. The quantitative estimate of drug-likeness (QED) is 0.829. The van der Waals surface area contributed by atoms with Crippen LogP contribution in [-0.2, 0) is 9.53 Å². The molecule has 0 unspecified atom stereocenters. The molecule has 0 aliphatic heterocycles. The number of carbonyl (C=O) groups excluding carboxylic acids is 1. The van der Waals surface area contributed by atoms with E-state index in [0.717, 1.165) is 0 Å². The van der Waals surface area contributed by atoms with Crippen LogP contribution in [0.5, 0.6) is 0 Å². The molecule has 1 aliphatic carbocycles. The Morgan fingerprint density at radius 3 is 2.16 bits per heavy atom. The van der Waals surface area contributed by atoms with Crippen LogP contribution < -0.4 is 5.32 Å². The van der Waals surface area contributed by atoms with Crippen molar-refractivity contribution in [3.8, 4) is 0 Å². The lowest BCUT2D eigenvalue weighted by molar-refractivity contribution is -0.169. The van der Waals surface area contributed by atoms with Gasteiger partial charge >= 0.3 is 18.0 Å². The first-order valence-corrected chi connectivity index (χ1v) is 6.08. The van der Waals surface area contributed by atoms with Crippen LogP contribution in [-0.4, -0.2) is 34.2 Å². The zero-order valence-corrected chi connectivity index (χ0v) is 11.3. The lowest BCUT2D eigenvalue weighted by Gasteiger charge is -2.43. The third-order valence-electron chi connectivity index (χ3n) is 2.95. The fourth-order valence-electron chi connectivity index (χ4n) is 1.97. The standard InChI is InChI=1S/C12H19F2NO4/c1-10(2,3)19-9(18)15-11(5-4-6-11)7-12(13,14)8(16)17/h4-7H2,1-3H3,(H,15,18)(H,16,17). The highest BCUT2D eigenvalue weighted by molar-refractivity contribution is 5.76. The van der Waals surface area contributed by atoms with Crippen molar-refractivity contribution in [3.05, 3.63) is 0 Å². The van der Waals surface area contributed by atoms with E-state index in [4.69, 9.17) is 9.84 Å². The van der Waals surface area contributed by atoms with E-state index in [-0.39, 0.29) is 0 Å². The van der Waals surface area contributed by atoms with Gasteiger partial charge in [-0.15, -0.1) is 0 Å². The number of hydrogen-bond donors (Lipinski definition) is 2. The van der Waals surface area contributed by atoms with E-state index < -0.39 is 35.5 Å². The molecule has 2 N–H and O–H groups in total. The highest BCUT2D eigenvalue weighted by Gasteiger charge is 2.51. The Morgan fingerprint density at radius 1 is 1.32 bits per heavy atom. The molecule has 0 aromatic carbocycles. The number of rotatable bonds is 4. The summed E-state index contributed by atoms with van der Waals surface area (Å²) in [6.07, 6.45) is -0.377. The molecule has 110 valence electrons. The van der Waals surface area contributed by atoms with Crippen LogP contribution in [0.1, 0.15) is 46.5 Å². The summed E-state index contributed by atoms with van der Waals surface area (Å²) in [6, 6.07) is 0. The van der Waals surface area contributed by atoms with E-state index in [1.807, 2.05) is 0 Å². The first kappa shape index (κ1) is 15.7. The van der Waals surface area contributed by atoms with Gasteiger partial charge in [0.05, 0.1) is 0 Å². The average Bonchev–Trinajstić information content (AvgIpc) is 2.10. The summed E-state index contributed by atoms with van der Waals surface area (Å²) in [7, 11) is 0. The van der Waals surface area contributed by atoms with Crippen molar-refractivity contribution < 1.29 is 28.2 Å². The van der Waals surface area contributed by atoms with Crippen LogP contribution >= 0.6 is 0 Å². The SMILES string of the molecule is CC(C)(C)OC(=O)NC1(CC(F)(F)C(=O)O)CCC1. The smallest absolute Gasteiger partial charge is 0.408 e. The highest BCUT2D eigenvalue weighted by atomic mass is 19.3. The van der Waals surface area contributed by atoms with E-state index in [1.165, 1.54) is 0 Å². The molecule has 1 fully saturated rings. The molecule has 1 saturated carbocycles. The van der Waals surface area contributed by atoms with Crippen molar-refractivity contribution >= 4 is 12.1 Å². The fourth-order valence-corrected chi connectivity index (χ4v) is 1.97. The average molecular weight is 279 g/mol. The predicted octanol–water partition coefficient (Wildman–Crippen LogP) is 2.54. The third kappa shape index (κ3) is 4.33. The maximum Gasteiger partial charge on any atom is 0.408 e. The van der Waals surface area contributed by atoms with Crippen LogP contribution in [0.3, 0.4) is 0 Å². The summed E-state index contributed by atoms with van der Waals surface area (Å²) in [4.78, 5) is 22.1. The van der Waals surface area contributed by atoms with Gasteiger partial charge in [-0.1, -0.05) is 0 Å². The number of hydrogen-bond acceptors (Lipinski definition) is 3. The maximum atomic E-state index is 13.3. The molecule has 1 amide bonds. The van der Waals surface area contributed by atoms with E-state index >= 15 is 0 Å². The van der Waals surface area contributed by atoms with Gasteiger partial charge in [0, 0.05) is 12.0 Å². The Hall–Kier alpha value is -1.40. The Balaban J connectivity index is 2.67. The first-order valence-electron chi connectivity index (χ1n) is 6.08. The molecule has 0 saturated heterocycles. The Morgan fingerprint density at radius 2 is 1.84 bits per heavy atom. The molecular formula is C12H19F2NO4. The second-order valence-electron chi connectivity index (χ2n) is 5.95. The van der Waals surface area contributed by atoms with Crippen molar-refractivity contribution in [3.63, 3.8) is 0 Å². The number of halogens is 2. The van der Waals surface area contributed by atoms with Crippen molar-refractivity contribution in [1.29, 1.82) is 0 Å². The number of aliphatic carboxylic acids is 1. The molecule has 0 aromatic rings. The van der Waals surface area contributed by atoms with Crippen molar-refractivity contribution in [2.24, 2.45) is 0 Å². The molecule has 5 nitrogen and oxygen atoms in total. The second kappa shape index (κ2) is 4.94. The van der Waals surface area contributed by atoms with Gasteiger partial charge in [-0.05, 0) is 40.0 Å². The molecule has 0 atom stereocenters. The maximum absolute atomic E-state index is 13.3. The van der Waals surface area contributed by atoms with Gasteiger partial charge in [0.2, 0.25) is 0 Å². The van der Waals surface area contributed by atoms with Gasteiger partial charge in [-0.2, -0.15) is 8.78 Å². The molecule has 0 heterocycles. The minimum atomic E-state index is -3.85. The van der Waals surface area contributed by atoms with Crippen LogP contribution in [0.2, 0.25) is 0 Å². The summed E-state index contributed by atoms with van der Waals surface area (Å²) in [5.74, 6) is -6.03. The number of nitrogens with one attached hydrogen (secondary N) is 1. The summed E-state index contributed by atoms with van der Waals surface area (Å²) >= 11 is 0. The topological polar surface area (TPSA) is 75.6 Å². The number of carbonyl (C=O) groups is 2. The molecule has 1 rings (SSSR count). The first-order chi connectivity index (χ1) is 8.46. The van der Waals surface area contributed by atoms with Crippen LogP contribution in [0.4, 0.5) is 13.6 Å². The van der Waals surface area contributed by atoms with E-state index in [9.17, 15) is 18.4 Å². The molecule has 0 aromatic heterocycles. The number of alkyl halides is 2. The number of alkyl carbamates (subject to hydrolysis) is 1. The third-order valence-corrected chi connectivity index (χ3v) is 2.95. The van der Waals surface area contributed by atoms with Gasteiger partial charge in [-0.3, -0.25) is 0 Å². The van der Waals surface area contributed by atoms with Crippen molar-refractivity contribution in [2.45, 2.75) is 63.5 Å². The predicted molar refractivity (Wildman–Crippen MR) is 63.2 cm³/mol. The van der Waals surface area contributed by atoms with Gasteiger partial charge in [0.25, 0.3) is 0 Å². The fraction of sp³-hybridized carbons (Fsp3) is 0.833. The van der Waals surface area contributed by atoms with Crippen LogP contribution in [0.15, 0.2) is 0 Å². The van der Waals surface area contributed by atoms with Crippen LogP contribution in [0.25, 0.3) is 0 Å². The summed E-state index contributed by atoms with van der Waals surface area (Å²) in [5.41, 5.74) is -1.91. The van der Waals surface area contributed by atoms with Gasteiger partial charge in [0.1, 0.15) is 5.60 Å². The molecule has 7 heteroatoms. The summed E-state index contributed by atoms with van der Waals surface area (Å²) in [5, 5.41) is 10.8. The van der Waals surface area contributed by atoms with Gasteiger partial charge in [-0.25, -0.2) is 9.59 Å². The molecule has 0 spiro atoms. The Labute approximate surface area is 110 Å². The van der Waals surface area contributed by atoms with Gasteiger partial charge in [0.15, 0.2) is 0 Å². The lowest BCUT2D eigenvalue weighted by Crippen LogP contribution is -2.58. The molecule has 19 heavy (non-hydrogen) atoms. The van der Waals surface area contributed by atoms with Gasteiger partial charge < -0.3 is 15.2 Å². The minimum absolute atomic E-state index is 0.328. The zero-order valence-electron chi connectivity index (χ0n) is 11.3. The van der Waals surface area contributed by atoms with Crippen LogP contribution in [0, 0.1) is 0 Å². The highest BCUT2D eigenvalue weighted by Crippen LogP contribution is 2.40. The van der Waals surface area contributed by atoms with E-state index in [1.54, 1.807) is 20.8 Å². The minimum Gasteiger partial charge on any atom is -0.477 e. The van der Waals surface area contributed by atoms with Crippen molar-refractivity contribution in [2.75, 3.05) is 0 Å². The molecule has 0 bridgehead atoms. The Kier molecular flexibility index (Phi) is 4.07. The largest absolute Gasteiger partial charge is 0.477 e. The second-order valence-corrected chi connectivity index (χ2v) is 5.95. The summed E-state index contributed by atoms with van der Waals surface area (Å²) in [6.45, 7) is 4.98. The monoisotopic (exact) mass is 279 g/mol. The number of ether oxygens (including phenoxy) is 1. The molecular weight excluding hydrogens is 260 g/mol. The Bertz CT molecular complexity index is 372. The zero-order chi connectivity index (χ0) is 14.9. The van der Waals surface area contributed by atoms with E-state index in [0.29, 0.717) is 19.3 Å². The number of carboxylic acids is 1. The molecule has 1 aliphatic rings. The normalized spacial score (nSPS) is 18.4. The van der Waals surface area contributed by atoms with Crippen molar-refractivity contribution in [1.82, 2.24) is 5.32 Å². The number of carboxylic acid groups (broad SMARTS) is 1. The lowest BCUT2D eigenvalue weighted by atomic mass is 9.73. The number of amides is 1.